The van der Waals surface area contributed by atoms with Gasteiger partial charge in [-0.3, -0.25) is 4.79 Å². The van der Waals surface area contributed by atoms with Crippen LogP contribution >= 0.6 is 23.4 Å². The zero-order valence-corrected chi connectivity index (χ0v) is 15.7. The summed E-state index contributed by atoms with van der Waals surface area (Å²) in [5.74, 6) is 0.794. The smallest absolute Gasteiger partial charge is 0.221 e. The van der Waals surface area contributed by atoms with Gasteiger partial charge in [0.25, 0.3) is 0 Å². The van der Waals surface area contributed by atoms with Crippen LogP contribution < -0.4 is 5.32 Å². The van der Waals surface area contributed by atoms with Crippen LogP contribution in [0.2, 0.25) is 5.02 Å². The van der Waals surface area contributed by atoms with E-state index in [2.05, 4.69) is 15.4 Å². The highest BCUT2D eigenvalue weighted by atomic mass is 35.5. The van der Waals surface area contributed by atoms with Crippen molar-refractivity contribution in [2.75, 3.05) is 5.75 Å². The average Bonchev–Trinajstić information content (AvgIpc) is 3.16. The Kier molecular flexibility index (Phi) is 6.68. The number of hydrogen-bond donors (Lipinski definition) is 1. The van der Waals surface area contributed by atoms with Gasteiger partial charge in [0.05, 0.1) is 6.54 Å². The van der Waals surface area contributed by atoms with Crippen molar-refractivity contribution in [3.63, 3.8) is 0 Å². The van der Waals surface area contributed by atoms with E-state index in [1.165, 1.54) is 6.33 Å². The monoisotopic (exact) mass is 386 g/mol. The van der Waals surface area contributed by atoms with Gasteiger partial charge >= 0.3 is 0 Å². The molecule has 0 fully saturated rings. The fourth-order valence-corrected chi connectivity index (χ4v) is 3.32. The number of benzene rings is 2. The molecule has 134 valence electrons. The molecule has 0 aliphatic heterocycles. The normalized spacial score (nSPS) is 10.7. The molecule has 0 radical (unpaired) electrons. The van der Waals surface area contributed by atoms with Gasteiger partial charge in [-0.15, -0.1) is 11.8 Å². The molecule has 1 aromatic heterocycles. The molecule has 0 aliphatic carbocycles. The van der Waals surface area contributed by atoms with Crippen molar-refractivity contribution in [1.29, 1.82) is 0 Å². The van der Waals surface area contributed by atoms with Gasteiger partial charge in [-0.2, -0.15) is 5.10 Å². The number of rotatable bonds is 8. The van der Waals surface area contributed by atoms with Crippen molar-refractivity contribution in [3.05, 3.63) is 77.3 Å². The second-order valence-corrected chi connectivity index (χ2v) is 7.34. The number of hydrogen-bond acceptors (Lipinski definition) is 4. The number of thioether (sulfide) groups is 1. The Morgan fingerprint density at radius 3 is 2.50 bits per heavy atom. The molecule has 1 N–H and O–H groups in total. The molecular weight excluding hydrogens is 368 g/mol. The summed E-state index contributed by atoms with van der Waals surface area (Å²) in [7, 11) is 0. The maximum atomic E-state index is 12.0. The Hall–Kier alpha value is -2.31. The summed E-state index contributed by atoms with van der Waals surface area (Å²) in [5.41, 5.74) is 2.22. The lowest BCUT2D eigenvalue weighted by Gasteiger charge is -2.07. The number of halogens is 1. The second kappa shape index (κ2) is 9.40. The molecule has 0 aliphatic rings. The average molecular weight is 387 g/mol. The molecule has 0 saturated heterocycles. The van der Waals surface area contributed by atoms with Crippen LogP contribution in [-0.2, 0) is 17.9 Å². The van der Waals surface area contributed by atoms with E-state index in [1.54, 1.807) is 22.8 Å². The van der Waals surface area contributed by atoms with Crippen molar-refractivity contribution >= 4 is 29.3 Å². The van der Waals surface area contributed by atoms with E-state index in [0.29, 0.717) is 19.5 Å². The van der Waals surface area contributed by atoms with E-state index < -0.39 is 0 Å². The zero-order valence-electron chi connectivity index (χ0n) is 14.1. The first-order valence-electron chi connectivity index (χ1n) is 8.24. The van der Waals surface area contributed by atoms with Gasteiger partial charge in [0.2, 0.25) is 5.91 Å². The SMILES string of the molecule is O=C(CCSc1ccc(Cl)cc1)NCc1ccc(Cn2cncn2)cc1. The largest absolute Gasteiger partial charge is 0.352 e. The molecular formula is C19H19ClN4OS. The maximum Gasteiger partial charge on any atom is 0.221 e. The van der Waals surface area contributed by atoms with Crippen LogP contribution in [0.3, 0.4) is 0 Å². The Balaban J connectivity index is 1.37. The van der Waals surface area contributed by atoms with Gasteiger partial charge in [0, 0.05) is 28.6 Å². The van der Waals surface area contributed by atoms with Crippen LogP contribution in [0.15, 0.2) is 66.1 Å². The van der Waals surface area contributed by atoms with Crippen LogP contribution in [0.25, 0.3) is 0 Å². The summed E-state index contributed by atoms with van der Waals surface area (Å²) in [6, 6.07) is 15.8. The molecule has 7 heteroatoms. The van der Waals surface area contributed by atoms with Crippen LogP contribution in [0.4, 0.5) is 0 Å². The number of carbonyl (C=O) groups excluding carboxylic acids is 1. The van der Waals surface area contributed by atoms with Crippen LogP contribution in [-0.4, -0.2) is 26.4 Å². The number of nitrogens with zero attached hydrogens (tertiary/aromatic N) is 3. The lowest BCUT2D eigenvalue weighted by Crippen LogP contribution is -2.23. The summed E-state index contributed by atoms with van der Waals surface area (Å²) in [5, 5.41) is 7.77. The van der Waals surface area contributed by atoms with Crippen LogP contribution in [0, 0.1) is 0 Å². The third-order valence-electron chi connectivity index (χ3n) is 3.74. The minimum absolute atomic E-state index is 0.0538. The molecule has 0 spiro atoms. The van der Waals surface area contributed by atoms with Crippen molar-refractivity contribution in [1.82, 2.24) is 20.1 Å². The van der Waals surface area contributed by atoms with Crippen LogP contribution in [0.5, 0.6) is 0 Å². The highest BCUT2D eigenvalue weighted by Crippen LogP contribution is 2.20. The molecule has 0 saturated carbocycles. The van der Waals surface area contributed by atoms with E-state index in [4.69, 9.17) is 11.6 Å². The lowest BCUT2D eigenvalue weighted by molar-refractivity contribution is -0.120. The Morgan fingerprint density at radius 2 is 1.81 bits per heavy atom. The molecule has 3 aromatic rings. The number of aromatic nitrogens is 3. The van der Waals surface area contributed by atoms with Gasteiger partial charge < -0.3 is 5.32 Å². The van der Waals surface area contributed by atoms with Crippen molar-refractivity contribution in [3.8, 4) is 0 Å². The highest BCUT2D eigenvalue weighted by molar-refractivity contribution is 7.99. The van der Waals surface area contributed by atoms with E-state index in [-0.39, 0.29) is 5.91 Å². The van der Waals surface area contributed by atoms with Gasteiger partial charge in [-0.05, 0) is 35.4 Å². The minimum atomic E-state index is 0.0538. The lowest BCUT2D eigenvalue weighted by atomic mass is 10.1. The summed E-state index contributed by atoms with van der Waals surface area (Å²) in [4.78, 5) is 17.0. The quantitative estimate of drug-likeness (QED) is 0.598. The number of carbonyl (C=O) groups is 1. The maximum absolute atomic E-state index is 12.0. The predicted octanol–water partition coefficient (Wildman–Crippen LogP) is 3.78. The van der Waals surface area contributed by atoms with Crippen molar-refractivity contribution in [2.24, 2.45) is 0 Å². The zero-order chi connectivity index (χ0) is 18.2. The summed E-state index contributed by atoms with van der Waals surface area (Å²) >= 11 is 7.51. The van der Waals surface area contributed by atoms with E-state index >= 15 is 0 Å². The summed E-state index contributed by atoms with van der Waals surface area (Å²) < 4.78 is 1.77. The Bertz CT molecular complexity index is 820. The fraction of sp³-hybridized carbons (Fsp3) is 0.211. The fourth-order valence-electron chi connectivity index (χ4n) is 2.35. The molecule has 0 bridgehead atoms. The van der Waals surface area contributed by atoms with Crippen LogP contribution in [0.1, 0.15) is 17.5 Å². The van der Waals surface area contributed by atoms with E-state index in [0.717, 1.165) is 26.8 Å². The molecule has 2 aromatic carbocycles. The highest BCUT2D eigenvalue weighted by Gasteiger charge is 2.03. The van der Waals surface area contributed by atoms with Crippen molar-refractivity contribution in [2.45, 2.75) is 24.4 Å². The van der Waals surface area contributed by atoms with Gasteiger partial charge in [0.15, 0.2) is 0 Å². The standard InChI is InChI=1S/C19H19ClN4OS/c20-17-5-7-18(8-6-17)26-10-9-19(25)22-11-15-1-3-16(4-2-15)12-24-14-21-13-23-24/h1-8,13-14H,9-12H2,(H,22,25). The molecule has 0 unspecified atom stereocenters. The van der Waals surface area contributed by atoms with Gasteiger partial charge in [-0.25, -0.2) is 9.67 Å². The topological polar surface area (TPSA) is 59.8 Å². The first-order chi connectivity index (χ1) is 12.7. The molecule has 0 atom stereocenters. The Morgan fingerprint density at radius 1 is 1.08 bits per heavy atom. The third-order valence-corrected chi connectivity index (χ3v) is 5.00. The Labute approximate surface area is 161 Å². The number of amides is 1. The third kappa shape index (κ3) is 5.89. The molecule has 1 heterocycles. The van der Waals surface area contributed by atoms with Gasteiger partial charge in [0.1, 0.15) is 12.7 Å². The molecule has 1 amide bonds. The molecule has 5 nitrogen and oxygen atoms in total. The van der Waals surface area contributed by atoms with E-state index in [9.17, 15) is 4.79 Å². The summed E-state index contributed by atoms with van der Waals surface area (Å²) in [6.45, 7) is 1.22. The second-order valence-electron chi connectivity index (χ2n) is 5.74. The predicted molar refractivity (Wildman–Crippen MR) is 104 cm³/mol. The van der Waals surface area contributed by atoms with Crippen molar-refractivity contribution < 1.29 is 4.79 Å². The number of nitrogens with one attached hydrogen (secondary N) is 1. The summed E-state index contributed by atoms with van der Waals surface area (Å²) in [6.07, 6.45) is 3.70. The van der Waals surface area contributed by atoms with Gasteiger partial charge in [-0.1, -0.05) is 35.9 Å². The molecule has 26 heavy (non-hydrogen) atoms. The molecule has 3 rings (SSSR count). The van der Waals surface area contributed by atoms with E-state index in [1.807, 2.05) is 48.5 Å². The first kappa shape index (κ1) is 18.5. The minimum Gasteiger partial charge on any atom is -0.352 e. The first-order valence-corrected chi connectivity index (χ1v) is 9.61.